The SMILES string of the molecule is C=C(C)[C@H]1OCC[C@H]1C(=O)N1CCSC2CCCCC21. The van der Waals surface area contributed by atoms with Crippen LogP contribution in [0.1, 0.15) is 39.0 Å². The van der Waals surface area contributed by atoms with Gasteiger partial charge in [0.15, 0.2) is 0 Å². The highest BCUT2D eigenvalue weighted by atomic mass is 32.2. The molecule has 1 amide bonds. The van der Waals surface area contributed by atoms with Crippen molar-refractivity contribution in [3.63, 3.8) is 0 Å². The van der Waals surface area contributed by atoms with Crippen molar-refractivity contribution in [1.29, 1.82) is 0 Å². The van der Waals surface area contributed by atoms with Gasteiger partial charge in [0.2, 0.25) is 5.91 Å². The van der Waals surface area contributed by atoms with Crippen molar-refractivity contribution in [2.45, 2.75) is 56.4 Å². The quantitative estimate of drug-likeness (QED) is 0.734. The van der Waals surface area contributed by atoms with E-state index in [2.05, 4.69) is 23.2 Å². The molecule has 0 bridgehead atoms. The molecule has 3 fully saturated rings. The normalized spacial score (nSPS) is 37.5. The maximum atomic E-state index is 13.0. The Morgan fingerprint density at radius 2 is 2.10 bits per heavy atom. The third kappa shape index (κ3) is 2.64. The van der Waals surface area contributed by atoms with Gasteiger partial charge in [0.05, 0.1) is 12.0 Å². The summed E-state index contributed by atoms with van der Waals surface area (Å²) in [5.41, 5.74) is 0.993. The first kappa shape index (κ1) is 14.5. The Balaban J connectivity index is 1.73. The first-order chi connectivity index (χ1) is 9.68. The first-order valence-corrected chi connectivity index (χ1v) is 8.92. The molecule has 4 atom stereocenters. The van der Waals surface area contributed by atoms with Crippen LogP contribution in [-0.4, -0.2) is 47.1 Å². The van der Waals surface area contributed by atoms with Gasteiger partial charge in [-0.25, -0.2) is 0 Å². The Labute approximate surface area is 126 Å². The second-order valence-electron chi connectivity index (χ2n) is 6.33. The van der Waals surface area contributed by atoms with E-state index in [9.17, 15) is 4.79 Å². The third-order valence-corrected chi connectivity index (χ3v) is 6.31. The minimum atomic E-state index is -0.0564. The van der Waals surface area contributed by atoms with Crippen LogP contribution in [0.3, 0.4) is 0 Å². The Morgan fingerprint density at radius 1 is 1.30 bits per heavy atom. The molecular formula is C16H25NO2S. The topological polar surface area (TPSA) is 29.5 Å². The number of fused-ring (bicyclic) bond motifs is 1. The molecule has 0 radical (unpaired) electrons. The fraction of sp³-hybridized carbons (Fsp3) is 0.812. The molecule has 3 nitrogen and oxygen atoms in total. The van der Waals surface area contributed by atoms with E-state index in [1.165, 1.54) is 25.7 Å². The zero-order valence-electron chi connectivity index (χ0n) is 12.3. The van der Waals surface area contributed by atoms with Crippen LogP contribution in [0.2, 0.25) is 0 Å². The number of hydrogen-bond donors (Lipinski definition) is 0. The van der Waals surface area contributed by atoms with Crippen molar-refractivity contribution in [2.24, 2.45) is 5.92 Å². The van der Waals surface area contributed by atoms with E-state index in [4.69, 9.17) is 4.74 Å². The third-order valence-electron chi connectivity index (χ3n) is 4.91. The molecule has 112 valence electrons. The summed E-state index contributed by atoms with van der Waals surface area (Å²) in [6, 6.07) is 0.473. The van der Waals surface area contributed by atoms with Gasteiger partial charge in [-0.1, -0.05) is 25.0 Å². The highest BCUT2D eigenvalue weighted by Gasteiger charge is 2.42. The molecule has 3 rings (SSSR count). The highest BCUT2D eigenvalue weighted by Crippen LogP contribution is 2.37. The average molecular weight is 295 g/mol. The molecule has 1 aliphatic carbocycles. The van der Waals surface area contributed by atoms with Crippen LogP contribution in [0.25, 0.3) is 0 Å². The largest absolute Gasteiger partial charge is 0.373 e. The first-order valence-electron chi connectivity index (χ1n) is 7.87. The molecule has 0 aromatic rings. The molecular weight excluding hydrogens is 270 g/mol. The lowest BCUT2D eigenvalue weighted by molar-refractivity contribution is -0.139. The number of nitrogens with zero attached hydrogens (tertiary/aromatic N) is 1. The second kappa shape index (κ2) is 6.10. The Morgan fingerprint density at radius 3 is 2.90 bits per heavy atom. The number of carbonyl (C=O) groups is 1. The van der Waals surface area contributed by atoms with Crippen molar-refractivity contribution in [2.75, 3.05) is 18.9 Å². The maximum absolute atomic E-state index is 13.0. The van der Waals surface area contributed by atoms with E-state index in [0.29, 0.717) is 23.8 Å². The van der Waals surface area contributed by atoms with Gasteiger partial charge < -0.3 is 9.64 Å². The standard InChI is InChI=1S/C16H25NO2S/c1-11(2)15-12(7-9-19-15)16(18)17-8-10-20-14-6-4-3-5-13(14)17/h12-15H,1,3-10H2,2H3/t12-,13?,14?,15-/m1/s1. The number of thioether (sulfide) groups is 1. The zero-order chi connectivity index (χ0) is 14.1. The van der Waals surface area contributed by atoms with Crippen molar-refractivity contribution >= 4 is 17.7 Å². The van der Waals surface area contributed by atoms with Gasteiger partial charge in [0, 0.05) is 30.2 Å². The molecule has 2 aliphatic heterocycles. The Bertz CT molecular complexity index is 396. The number of ether oxygens (including phenoxy) is 1. The van der Waals surface area contributed by atoms with Gasteiger partial charge >= 0.3 is 0 Å². The number of hydrogen-bond acceptors (Lipinski definition) is 3. The molecule has 2 heterocycles. The lowest BCUT2D eigenvalue weighted by atomic mass is 9.90. The minimum absolute atomic E-state index is 0.0122. The summed E-state index contributed by atoms with van der Waals surface area (Å²) >= 11 is 2.08. The highest BCUT2D eigenvalue weighted by molar-refractivity contribution is 8.00. The van der Waals surface area contributed by atoms with E-state index >= 15 is 0 Å². The molecule has 20 heavy (non-hydrogen) atoms. The number of carbonyl (C=O) groups excluding carboxylic acids is 1. The number of rotatable bonds is 2. The molecule has 4 heteroatoms. The smallest absolute Gasteiger partial charge is 0.229 e. The van der Waals surface area contributed by atoms with E-state index in [0.717, 1.165) is 24.3 Å². The summed E-state index contributed by atoms with van der Waals surface area (Å²) in [5.74, 6) is 1.43. The van der Waals surface area contributed by atoms with E-state index in [-0.39, 0.29) is 12.0 Å². The van der Waals surface area contributed by atoms with Crippen LogP contribution in [-0.2, 0) is 9.53 Å². The van der Waals surface area contributed by atoms with E-state index < -0.39 is 0 Å². The van der Waals surface area contributed by atoms with E-state index in [1.807, 2.05) is 6.92 Å². The minimum Gasteiger partial charge on any atom is -0.373 e. The van der Waals surface area contributed by atoms with Crippen molar-refractivity contribution < 1.29 is 9.53 Å². The van der Waals surface area contributed by atoms with Gasteiger partial charge in [-0.15, -0.1) is 0 Å². The van der Waals surface area contributed by atoms with Gasteiger partial charge in [0.1, 0.15) is 0 Å². The fourth-order valence-electron chi connectivity index (χ4n) is 3.91. The summed E-state index contributed by atoms with van der Waals surface area (Å²) in [6.07, 6.45) is 5.88. The Kier molecular flexibility index (Phi) is 4.41. The van der Waals surface area contributed by atoms with Gasteiger partial charge in [-0.2, -0.15) is 11.8 Å². The molecule has 2 unspecified atom stereocenters. The average Bonchev–Trinajstić information content (AvgIpc) is 2.95. The monoisotopic (exact) mass is 295 g/mol. The van der Waals surface area contributed by atoms with Gasteiger partial charge in [-0.05, 0) is 26.2 Å². The number of amides is 1. The molecule has 2 saturated heterocycles. The molecule has 0 aromatic carbocycles. The van der Waals surface area contributed by atoms with Crippen LogP contribution in [0.15, 0.2) is 12.2 Å². The molecule has 0 N–H and O–H groups in total. The summed E-state index contributed by atoms with van der Waals surface area (Å²) in [4.78, 5) is 15.2. The Hall–Kier alpha value is -0.480. The maximum Gasteiger partial charge on any atom is 0.229 e. The zero-order valence-corrected chi connectivity index (χ0v) is 13.2. The van der Waals surface area contributed by atoms with Crippen LogP contribution >= 0.6 is 11.8 Å². The predicted molar refractivity (Wildman–Crippen MR) is 82.9 cm³/mol. The van der Waals surface area contributed by atoms with Crippen LogP contribution in [0.5, 0.6) is 0 Å². The van der Waals surface area contributed by atoms with Crippen molar-refractivity contribution in [3.8, 4) is 0 Å². The van der Waals surface area contributed by atoms with Crippen molar-refractivity contribution in [1.82, 2.24) is 4.90 Å². The van der Waals surface area contributed by atoms with Gasteiger partial charge in [0.25, 0.3) is 0 Å². The predicted octanol–water partition coefficient (Wildman–Crippen LogP) is 2.85. The van der Waals surface area contributed by atoms with Gasteiger partial charge in [-0.3, -0.25) is 4.79 Å². The lowest BCUT2D eigenvalue weighted by Crippen LogP contribution is -2.54. The fourth-order valence-corrected chi connectivity index (χ4v) is 5.35. The van der Waals surface area contributed by atoms with Crippen LogP contribution in [0.4, 0.5) is 0 Å². The molecule has 0 aromatic heterocycles. The summed E-state index contributed by atoms with van der Waals surface area (Å²) in [6.45, 7) is 7.59. The second-order valence-corrected chi connectivity index (χ2v) is 7.67. The lowest BCUT2D eigenvalue weighted by Gasteiger charge is -2.44. The summed E-state index contributed by atoms with van der Waals surface area (Å²) in [7, 11) is 0. The van der Waals surface area contributed by atoms with Crippen LogP contribution in [0, 0.1) is 5.92 Å². The molecule has 3 aliphatic rings. The van der Waals surface area contributed by atoms with Crippen LogP contribution < -0.4 is 0 Å². The van der Waals surface area contributed by atoms with E-state index in [1.54, 1.807) is 0 Å². The molecule has 0 spiro atoms. The molecule has 1 saturated carbocycles. The summed E-state index contributed by atoms with van der Waals surface area (Å²) < 4.78 is 5.72. The summed E-state index contributed by atoms with van der Waals surface area (Å²) in [5, 5.41) is 0.673. The van der Waals surface area contributed by atoms with Crippen molar-refractivity contribution in [3.05, 3.63) is 12.2 Å².